The van der Waals surface area contributed by atoms with E-state index in [-0.39, 0.29) is 23.8 Å². The first kappa shape index (κ1) is 20.2. The van der Waals surface area contributed by atoms with Crippen LogP contribution in [0.5, 0.6) is 0 Å². The molecule has 0 amide bonds. The summed E-state index contributed by atoms with van der Waals surface area (Å²) in [6.07, 6.45) is 4.23. The standard InChI is InChI=1S/C21H27FN4O2/c1-15(2)24(14-18-19(22)7-4-8-20(18)26(27)28)13-17-9-10-21(23-12-17)25-11-5-6-16(25)3/h4,7-10,12,15-16H,5-6,11,13-14H2,1-3H3. The molecule has 0 saturated carbocycles. The molecule has 0 radical (unpaired) electrons. The van der Waals surface area contributed by atoms with E-state index in [1.807, 2.05) is 37.1 Å². The normalized spacial score (nSPS) is 16.9. The van der Waals surface area contributed by atoms with E-state index in [0.29, 0.717) is 12.6 Å². The van der Waals surface area contributed by atoms with Crippen molar-refractivity contribution in [1.82, 2.24) is 9.88 Å². The minimum Gasteiger partial charge on any atom is -0.354 e. The van der Waals surface area contributed by atoms with Gasteiger partial charge in [-0.05, 0) is 51.3 Å². The number of halogens is 1. The lowest BCUT2D eigenvalue weighted by Crippen LogP contribution is -2.31. The molecule has 7 heteroatoms. The molecule has 2 aromatic rings. The van der Waals surface area contributed by atoms with Crippen molar-refractivity contribution in [2.45, 2.75) is 58.8 Å². The Kier molecular flexibility index (Phi) is 6.24. The van der Waals surface area contributed by atoms with Crippen molar-refractivity contribution in [3.8, 4) is 0 Å². The zero-order valence-electron chi connectivity index (χ0n) is 16.6. The lowest BCUT2D eigenvalue weighted by atomic mass is 10.1. The van der Waals surface area contributed by atoms with E-state index in [4.69, 9.17) is 0 Å². The van der Waals surface area contributed by atoms with Crippen molar-refractivity contribution >= 4 is 11.5 Å². The molecule has 3 rings (SSSR count). The molecule has 150 valence electrons. The SMILES string of the molecule is CC(C)N(Cc1ccc(N2CCCC2C)nc1)Cc1c(F)cccc1[N+](=O)[O-]. The molecule has 1 aliphatic heterocycles. The first-order chi connectivity index (χ1) is 13.4. The largest absolute Gasteiger partial charge is 0.354 e. The van der Waals surface area contributed by atoms with Crippen LogP contribution in [-0.2, 0) is 13.1 Å². The Balaban J connectivity index is 1.76. The highest BCUT2D eigenvalue weighted by Gasteiger charge is 2.23. The monoisotopic (exact) mass is 386 g/mol. The third kappa shape index (κ3) is 4.47. The third-order valence-electron chi connectivity index (χ3n) is 5.42. The summed E-state index contributed by atoms with van der Waals surface area (Å²) in [5.74, 6) is 0.436. The van der Waals surface area contributed by atoms with E-state index in [1.54, 1.807) is 0 Å². The Bertz CT molecular complexity index is 826. The number of rotatable bonds is 7. The summed E-state index contributed by atoms with van der Waals surface area (Å²) in [6, 6.07) is 8.67. The maximum atomic E-state index is 14.3. The molecule has 28 heavy (non-hydrogen) atoms. The molecule has 1 unspecified atom stereocenters. The molecular formula is C21H27FN4O2. The molecule has 1 atom stereocenters. The second-order valence-corrected chi connectivity index (χ2v) is 7.70. The average Bonchev–Trinajstić information content (AvgIpc) is 3.08. The first-order valence-electron chi connectivity index (χ1n) is 9.74. The number of anilines is 1. The zero-order chi connectivity index (χ0) is 20.3. The molecule has 1 saturated heterocycles. The highest BCUT2D eigenvalue weighted by Crippen LogP contribution is 2.26. The van der Waals surface area contributed by atoms with Gasteiger partial charge in [0, 0.05) is 44.0 Å². The molecule has 1 aromatic carbocycles. The summed E-state index contributed by atoms with van der Waals surface area (Å²) >= 11 is 0. The highest BCUT2D eigenvalue weighted by molar-refractivity contribution is 5.42. The number of benzene rings is 1. The predicted octanol–water partition coefficient (Wildman–Crippen LogP) is 4.53. The van der Waals surface area contributed by atoms with Crippen LogP contribution in [0, 0.1) is 15.9 Å². The van der Waals surface area contributed by atoms with Gasteiger partial charge in [-0.1, -0.05) is 12.1 Å². The fourth-order valence-corrected chi connectivity index (χ4v) is 3.69. The van der Waals surface area contributed by atoms with Crippen LogP contribution < -0.4 is 4.90 Å². The van der Waals surface area contributed by atoms with Crippen molar-refractivity contribution in [3.05, 3.63) is 63.6 Å². The molecule has 1 aromatic heterocycles. The summed E-state index contributed by atoms with van der Waals surface area (Å²) in [4.78, 5) is 19.7. The van der Waals surface area contributed by atoms with Gasteiger partial charge in [0.15, 0.2) is 0 Å². The Hall–Kier alpha value is -2.54. The van der Waals surface area contributed by atoms with Crippen molar-refractivity contribution in [2.75, 3.05) is 11.4 Å². The van der Waals surface area contributed by atoms with Crippen LogP contribution in [0.2, 0.25) is 0 Å². The van der Waals surface area contributed by atoms with E-state index < -0.39 is 10.7 Å². The van der Waals surface area contributed by atoms with Gasteiger partial charge in [0.25, 0.3) is 5.69 Å². The van der Waals surface area contributed by atoms with Gasteiger partial charge in [-0.25, -0.2) is 9.37 Å². The molecule has 0 bridgehead atoms. The van der Waals surface area contributed by atoms with Gasteiger partial charge in [-0.3, -0.25) is 15.0 Å². The molecular weight excluding hydrogens is 359 g/mol. The Labute approximate surface area is 165 Å². The van der Waals surface area contributed by atoms with E-state index in [2.05, 4.69) is 16.8 Å². The second kappa shape index (κ2) is 8.65. The second-order valence-electron chi connectivity index (χ2n) is 7.70. The van der Waals surface area contributed by atoms with Crippen LogP contribution in [0.25, 0.3) is 0 Å². The molecule has 1 aliphatic rings. The number of nitro benzene ring substituents is 1. The molecule has 0 N–H and O–H groups in total. The van der Waals surface area contributed by atoms with Crippen LogP contribution in [0.3, 0.4) is 0 Å². The average molecular weight is 386 g/mol. The summed E-state index contributed by atoms with van der Waals surface area (Å²) in [5.41, 5.74) is 0.946. The molecule has 0 aliphatic carbocycles. The van der Waals surface area contributed by atoms with E-state index in [1.165, 1.54) is 31.0 Å². The van der Waals surface area contributed by atoms with Crippen molar-refractivity contribution in [2.24, 2.45) is 0 Å². The molecule has 0 spiro atoms. The molecule has 6 nitrogen and oxygen atoms in total. The van der Waals surface area contributed by atoms with E-state index in [9.17, 15) is 14.5 Å². The van der Waals surface area contributed by atoms with E-state index >= 15 is 0 Å². The van der Waals surface area contributed by atoms with Crippen molar-refractivity contribution < 1.29 is 9.31 Å². The van der Waals surface area contributed by atoms with Crippen molar-refractivity contribution in [3.63, 3.8) is 0 Å². The summed E-state index contributed by atoms with van der Waals surface area (Å²) in [6.45, 7) is 7.96. The van der Waals surface area contributed by atoms with Crippen molar-refractivity contribution in [1.29, 1.82) is 0 Å². The molecule has 1 fully saturated rings. The van der Waals surface area contributed by atoms with Crippen LogP contribution in [0.15, 0.2) is 36.5 Å². The van der Waals surface area contributed by atoms with Crippen LogP contribution in [0.1, 0.15) is 44.7 Å². The number of pyridine rings is 1. The van der Waals surface area contributed by atoms with Gasteiger partial charge in [-0.2, -0.15) is 0 Å². The Morgan fingerprint density at radius 2 is 2.11 bits per heavy atom. The number of nitrogens with zero attached hydrogens (tertiary/aromatic N) is 4. The minimum absolute atomic E-state index is 0.0949. The Morgan fingerprint density at radius 1 is 1.32 bits per heavy atom. The van der Waals surface area contributed by atoms with Gasteiger partial charge in [0.1, 0.15) is 11.6 Å². The van der Waals surface area contributed by atoms with Gasteiger partial charge in [0.05, 0.1) is 10.5 Å². The van der Waals surface area contributed by atoms with E-state index in [0.717, 1.165) is 17.9 Å². The van der Waals surface area contributed by atoms with Crippen LogP contribution >= 0.6 is 0 Å². The van der Waals surface area contributed by atoms with Gasteiger partial charge in [-0.15, -0.1) is 0 Å². The highest BCUT2D eigenvalue weighted by atomic mass is 19.1. The third-order valence-corrected chi connectivity index (χ3v) is 5.42. The topological polar surface area (TPSA) is 62.5 Å². The van der Waals surface area contributed by atoms with Crippen LogP contribution in [-0.4, -0.2) is 33.4 Å². The number of nitro groups is 1. The fraction of sp³-hybridized carbons (Fsp3) is 0.476. The lowest BCUT2D eigenvalue weighted by Gasteiger charge is -2.27. The maximum Gasteiger partial charge on any atom is 0.276 e. The Morgan fingerprint density at radius 3 is 2.68 bits per heavy atom. The summed E-state index contributed by atoms with van der Waals surface area (Å²) < 4.78 is 14.3. The minimum atomic E-state index is -0.545. The van der Waals surface area contributed by atoms with Gasteiger partial charge < -0.3 is 4.90 Å². The summed E-state index contributed by atoms with van der Waals surface area (Å²) in [7, 11) is 0. The summed E-state index contributed by atoms with van der Waals surface area (Å²) in [5, 5.41) is 11.3. The smallest absolute Gasteiger partial charge is 0.276 e. The predicted molar refractivity (Wildman–Crippen MR) is 108 cm³/mol. The van der Waals surface area contributed by atoms with Gasteiger partial charge in [0.2, 0.25) is 0 Å². The quantitative estimate of drug-likeness (QED) is 0.517. The molecule has 2 heterocycles. The van der Waals surface area contributed by atoms with Crippen LogP contribution in [0.4, 0.5) is 15.9 Å². The maximum absolute atomic E-state index is 14.3. The number of hydrogen-bond acceptors (Lipinski definition) is 5. The number of aromatic nitrogens is 1. The fourth-order valence-electron chi connectivity index (χ4n) is 3.69. The zero-order valence-corrected chi connectivity index (χ0v) is 16.6. The lowest BCUT2D eigenvalue weighted by molar-refractivity contribution is -0.386. The number of hydrogen-bond donors (Lipinski definition) is 0. The first-order valence-corrected chi connectivity index (χ1v) is 9.74. The van der Waals surface area contributed by atoms with Gasteiger partial charge >= 0.3 is 0 Å².